The molecule has 8 nitrogen and oxygen atoms in total. The van der Waals surface area contributed by atoms with Gasteiger partial charge in [0.15, 0.2) is 11.5 Å². The highest BCUT2D eigenvalue weighted by Crippen LogP contribution is 2.38. The fraction of sp³-hybridized carbons (Fsp3) is 0.333. The molecule has 0 spiro atoms. The lowest BCUT2D eigenvalue weighted by atomic mass is 10.0. The Morgan fingerprint density at radius 1 is 1.00 bits per heavy atom. The van der Waals surface area contributed by atoms with E-state index in [1.807, 2.05) is 14.1 Å². The zero-order chi connectivity index (χ0) is 23.8. The summed E-state index contributed by atoms with van der Waals surface area (Å²) in [5, 5.41) is 0. The fourth-order valence-electron chi connectivity index (χ4n) is 3.16. The molecule has 9 heteroatoms. The number of carbonyl (C=O) groups is 3. The van der Waals surface area contributed by atoms with Crippen LogP contribution < -0.4 is 14.2 Å². The number of fused-ring (bicyclic) bond motifs is 1. The number of carbonyl (C=O) groups excluding carboxylic acids is 3. The highest BCUT2D eigenvalue weighted by atomic mass is 19.1. The standard InChI is InChI=1S/C24H25FN2O6/c1-27(2)13-5-3-4-6-14-31-24-21(22(30)16-7-9-17(25)10-8-16)23-18(15-26-24)32-19(28)11-12-20(29)33-23/h7-12,15H,3-6,13-14H2,1-2H3/b12-11-. The minimum Gasteiger partial charge on any atom is -0.477 e. The molecule has 0 N–H and O–H groups in total. The predicted molar refractivity (Wildman–Crippen MR) is 117 cm³/mol. The first-order chi connectivity index (χ1) is 15.8. The van der Waals surface area contributed by atoms with E-state index >= 15 is 0 Å². The molecule has 0 radical (unpaired) electrons. The van der Waals surface area contributed by atoms with E-state index in [-0.39, 0.29) is 35.1 Å². The molecule has 1 aromatic carbocycles. The lowest BCUT2D eigenvalue weighted by molar-refractivity contribution is -0.133. The minimum absolute atomic E-state index is 0.0650. The van der Waals surface area contributed by atoms with Crippen LogP contribution in [-0.4, -0.2) is 54.9 Å². The summed E-state index contributed by atoms with van der Waals surface area (Å²) in [6, 6.07) is 4.86. The first kappa shape index (κ1) is 24.1. The number of pyridine rings is 1. The van der Waals surface area contributed by atoms with E-state index in [1.165, 1.54) is 12.1 Å². The van der Waals surface area contributed by atoms with E-state index in [0.29, 0.717) is 0 Å². The Bertz CT molecular complexity index is 1050. The Morgan fingerprint density at radius 3 is 2.36 bits per heavy atom. The number of hydrogen-bond acceptors (Lipinski definition) is 8. The van der Waals surface area contributed by atoms with Crippen LogP contribution in [0.25, 0.3) is 0 Å². The molecular weight excluding hydrogens is 431 g/mol. The van der Waals surface area contributed by atoms with Gasteiger partial charge in [-0.05, 0) is 57.7 Å². The Balaban J connectivity index is 1.86. The predicted octanol–water partition coefficient (Wildman–Crippen LogP) is 3.33. The number of hydrogen-bond donors (Lipinski definition) is 0. The van der Waals surface area contributed by atoms with Gasteiger partial charge in [-0.3, -0.25) is 4.79 Å². The number of ether oxygens (including phenoxy) is 3. The van der Waals surface area contributed by atoms with Gasteiger partial charge in [0, 0.05) is 17.7 Å². The molecule has 33 heavy (non-hydrogen) atoms. The number of benzene rings is 1. The van der Waals surface area contributed by atoms with Crippen molar-refractivity contribution < 1.29 is 33.0 Å². The molecule has 1 aromatic heterocycles. The van der Waals surface area contributed by atoms with Gasteiger partial charge in [0.1, 0.15) is 11.4 Å². The summed E-state index contributed by atoms with van der Waals surface area (Å²) in [5.41, 5.74) is -0.0525. The van der Waals surface area contributed by atoms with Crippen LogP contribution in [0.4, 0.5) is 4.39 Å². The second-order valence-electron chi connectivity index (χ2n) is 7.71. The van der Waals surface area contributed by atoms with Gasteiger partial charge in [0.05, 0.1) is 12.8 Å². The number of halogens is 1. The summed E-state index contributed by atoms with van der Waals surface area (Å²) in [6.07, 6.45) is 6.71. The number of rotatable bonds is 10. The Morgan fingerprint density at radius 2 is 1.67 bits per heavy atom. The van der Waals surface area contributed by atoms with Gasteiger partial charge in [-0.25, -0.2) is 19.0 Å². The first-order valence-corrected chi connectivity index (χ1v) is 10.6. The SMILES string of the molecule is CN(C)CCCCCCOc1ncc2c(c1C(=O)c1ccc(F)cc1)OC(=O)/C=C\C(=O)O2. The number of esters is 2. The molecule has 0 unspecified atom stereocenters. The summed E-state index contributed by atoms with van der Waals surface area (Å²) < 4.78 is 29.5. The van der Waals surface area contributed by atoms with Crippen LogP contribution in [0, 0.1) is 5.82 Å². The van der Waals surface area contributed by atoms with Crippen LogP contribution in [0.2, 0.25) is 0 Å². The maximum atomic E-state index is 13.4. The van der Waals surface area contributed by atoms with Crippen molar-refractivity contribution in [3.63, 3.8) is 0 Å². The van der Waals surface area contributed by atoms with Crippen LogP contribution in [0.5, 0.6) is 17.4 Å². The van der Waals surface area contributed by atoms with Gasteiger partial charge in [0.25, 0.3) is 0 Å². The van der Waals surface area contributed by atoms with E-state index in [0.717, 1.165) is 62.7 Å². The average molecular weight is 456 g/mol. The van der Waals surface area contributed by atoms with Crippen molar-refractivity contribution in [2.24, 2.45) is 0 Å². The number of unbranched alkanes of at least 4 members (excludes halogenated alkanes) is 3. The maximum absolute atomic E-state index is 13.4. The van der Waals surface area contributed by atoms with E-state index in [1.54, 1.807) is 0 Å². The zero-order valence-electron chi connectivity index (χ0n) is 18.5. The van der Waals surface area contributed by atoms with Gasteiger partial charge in [0.2, 0.25) is 11.7 Å². The van der Waals surface area contributed by atoms with Crippen LogP contribution in [0.1, 0.15) is 41.6 Å². The Labute approximate surface area is 191 Å². The number of nitrogens with zero attached hydrogens (tertiary/aromatic N) is 2. The highest BCUT2D eigenvalue weighted by molar-refractivity contribution is 6.13. The van der Waals surface area contributed by atoms with Crippen molar-refractivity contribution in [1.82, 2.24) is 9.88 Å². The third-order valence-corrected chi connectivity index (χ3v) is 4.80. The Kier molecular flexibility index (Phi) is 8.26. The molecule has 174 valence electrons. The molecule has 0 aliphatic carbocycles. The summed E-state index contributed by atoms with van der Waals surface area (Å²) in [7, 11) is 4.04. The number of aromatic nitrogens is 1. The van der Waals surface area contributed by atoms with Gasteiger partial charge < -0.3 is 19.1 Å². The van der Waals surface area contributed by atoms with Crippen LogP contribution in [0.3, 0.4) is 0 Å². The molecule has 0 amide bonds. The minimum atomic E-state index is -0.862. The van der Waals surface area contributed by atoms with Crippen molar-refractivity contribution in [3.8, 4) is 17.4 Å². The van der Waals surface area contributed by atoms with Crippen molar-refractivity contribution in [1.29, 1.82) is 0 Å². The Hall–Kier alpha value is -3.59. The molecule has 2 aromatic rings. The maximum Gasteiger partial charge on any atom is 0.336 e. The molecular formula is C24H25FN2O6. The lowest BCUT2D eigenvalue weighted by Crippen LogP contribution is -2.18. The summed E-state index contributed by atoms with van der Waals surface area (Å²) in [4.78, 5) is 43.5. The summed E-state index contributed by atoms with van der Waals surface area (Å²) in [6.45, 7) is 1.28. The molecule has 0 saturated heterocycles. The van der Waals surface area contributed by atoms with Gasteiger partial charge in [-0.15, -0.1) is 0 Å². The van der Waals surface area contributed by atoms with E-state index in [9.17, 15) is 18.8 Å². The summed E-state index contributed by atoms with van der Waals surface area (Å²) in [5.74, 6) is -3.34. The molecule has 0 saturated carbocycles. The molecule has 0 fully saturated rings. The van der Waals surface area contributed by atoms with Gasteiger partial charge >= 0.3 is 11.9 Å². The van der Waals surface area contributed by atoms with E-state index in [2.05, 4.69) is 9.88 Å². The van der Waals surface area contributed by atoms with Crippen LogP contribution in [0.15, 0.2) is 42.6 Å². The molecule has 3 rings (SSSR count). The quantitative estimate of drug-likeness (QED) is 0.305. The second-order valence-corrected chi connectivity index (χ2v) is 7.71. The fourth-order valence-corrected chi connectivity index (χ4v) is 3.16. The molecule has 0 atom stereocenters. The van der Waals surface area contributed by atoms with E-state index in [4.69, 9.17) is 14.2 Å². The topological polar surface area (TPSA) is 95.0 Å². The summed E-state index contributed by atoms with van der Waals surface area (Å²) >= 11 is 0. The zero-order valence-corrected chi connectivity index (χ0v) is 18.5. The van der Waals surface area contributed by atoms with Gasteiger partial charge in [-0.2, -0.15) is 0 Å². The average Bonchev–Trinajstić information content (AvgIpc) is 2.77. The normalized spacial score (nSPS) is 14.1. The van der Waals surface area contributed by atoms with Crippen molar-refractivity contribution >= 4 is 17.7 Å². The third kappa shape index (κ3) is 6.69. The van der Waals surface area contributed by atoms with Crippen molar-refractivity contribution in [3.05, 3.63) is 59.6 Å². The third-order valence-electron chi connectivity index (χ3n) is 4.80. The number of ketones is 1. The van der Waals surface area contributed by atoms with Crippen LogP contribution in [-0.2, 0) is 9.59 Å². The lowest BCUT2D eigenvalue weighted by Gasteiger charge is -2.17. The van der Waals surface area contributed by atoms with Crippen molar-refractivity contribution in [2.75, 3.05) is 27.2 Å². The smallest absolute Gasteiger partial charge is 0.336 e. The van der Waals surface area contributed by atoms with Crippen molar-refractivity contribution in [2.45, 2.75) is 25.7 Å². The monoisotopic (exact) mass is 456 g/mol. The molecule has 0 bridgehead atoms. The largest absolute Gasteiger partial charge is 0.477 e. The van der Waals surface area contributed by atoms with Crippen LogP contribution >= 0.6 is 0 Å². The molecule has 1 aliphatic heterocycles. The molecule has 2 heterocycles. The van der Waals surface area contributed by atoms with E-state index < -0.39 is 23.5 Å². The highest BCUT2D eigenvalue weighted by Gasteiger charge is 2.29. The molecule has 1 aliphatic rings. The first-order valence-electron chi connectivity index (χ1n) is 10.6. The van der Waals surface area contributed by atoms with Gasteiger partial charge in [-0.1, -0.05) is 12.8 Å². The second kappa shape index (κ2) is 11.3.